The molecule has 0 bridgehead atoms. The summed E-state index contributed by atoms with van der Waals surface area (Å²) in [7, 11) is 1.64. The molecule has 0 saturated heterocycles. The Bertz CT molecular complexity index is 415. The van der Waals surface area contributed by atoms with Gasteiger partial charge in [-0.2, -0.15) is 0 Å². The lowest BCUT2D eigenvalue weighted by Crippen LogP contribution is -2.26. The maximum Gasteiger partial charge on any atom is 0.253 e. The number of hydrogen-bond donors (Lipinski definition) is 0. The molecule has 0 aliphatic carbocycles. The van der Waals surface area contributed by atoms with E-state index in [1.807, 2.05) is 0 Å². The van der Waals surface area contributed by atoms with Gasteiger partial charge < -0.3 is 4.90 Å². The highest BCUT2D eigenvalue weighted by Crippen LogP contribution is 2.28. The third-order valence-electron chi connectivity index (χ3n) is 1.94. The zero-order chi connectivity index (χ0) is 11.6. The first kappa shape index (κ1) is 12.1. The Hall–Kier alpha value is -0.990. The van der Waals surface area contributed by atoms with Crippen molar-refractivity contribution in [3.63, 3.8) is 0 Å². The highest BCUT2D eigenvalue weighted by Gasteiger charge is 2.14. The highest BCUT2D eigenvalue weighted by molar-refractivity contribution is 6.36. The fraction of sp³-hybridized carbons (Fsp3) is 0.182. The molecule has 80 valence electrons. The average Bonchev–Trinajstić information content (AvgIpc) is 2.15. The topological polar surface area (TPSA) is 20.3 Å². The van der Waals surface area contributed by atoms with Crippen molar-refractivity contribution in [2.45, 2.75) is 6.92 Å². The van der Waals surface area contributed by atoms with Crippen LogP contribution in [0.2, 0.25) is 10.0 Å². The average molecular weight is 244 g/mol. The van der Waals surface area contributed by atoms with E-state index in [2.05, 4.69) is 6.58 Å². The molecule has 0 atom stereocenters. The molecule has 0 aromatic heterocycles. The van der Waals surface area contributed by atoms with E-state index in [9.17, 15) is 4.79 Å². The van der Waals surface area contributed by atoms with Gasteiger partial charge in [-0.15, -0.1) is 0 Å². The fourth-order valence-corrected chi connectivity index (χ4v) is 1.68. The van der Waals surface area contributed by atoms with Crippen molar-refractivity contribution < 1.29 is 4.79 Å². The first-order valence-electron chi connectivity index (χ1n) is 4.32. The number of benzene rings is 1. The molecule has 0 N–H and O–H groups in total. The van der Waals surface area contributed by atoms with E-state index in [1.54, 1.807) is 32.2 Å². The van der Waals surface area contributed by atoms with Gasteiger partial charge in [0.15, 0.2) is 0 Å². The minimum atomic E-state index is -0.167. The molecule has 15 heavy (non-hydrogen) atoms. The molecule has 0 heterocycles. The highest BCUT2D eigenvalue weighted by atomic mass is 35.5. The molecular formula is C11H11Cl2NO. The third-order valence-corrected chi connectivity index (χ3v) is 2.48. The third kappa shape index (κ3) is 2.74. The summed E-state index contributed by atoms with van der Waals surface area (Å²) in [5.74, 6) is -0.167. The quantitative estimate of drug-likeness (QED) is 0.728. The first-order chi connectivity index (χ1) is 6.93. The van der Waals surface area contributed by atoms with Crippen LogP contribution >= 0.6 is 23.2 Å². The summed E-state index contributed by atoms with van der Waals surface area (Å²) in [6.45, 7) is 5.24. The molecule has 1 amide bonds. The molecule has 0 fully saturated rings. The number of amides is 1. The van der Waals surface area contributed by atoms with Crippen molar-refractivity contribution in [2.75, 3.05) is 11.9 Å². The van der Waals surface area contributed by atoms with Crippen LogP contribution in [0.4, 0.5) is 5.69 Å². The van der Waals surface area contributed by atoms with Gasteiger partial charge >= 0.3 is 0 Å². The molecule has 4 heteroatoms. The fourth-order valence-electron chi connectivity index (χ4n) is 1.15. The van der Waals surface area contributed by atoms with Crippen LogP contribution in [0.15, 0.2) is 30.4 Å². The van der Waals surface area contributed by atoms with Crippen molar-refractivity contribution in [1.29, 1.82) is 0 Å². The van der Waals surface area contributed by atoms with Crippen LogP contribution in [-0.2, 0) is 4.79 Å². The van der Waals surface area contributed by atoms with Crippen LogP contribution in [0.1, 0.15) is 6.92 Å². The number of hydrogen-bond acceptors (Lipinski definition) is 1. The van der Waals surface area contributed by atoms with Crippen molar-refractivity contribution in [1.82, 2.24) is 0 Å². The molecule has 0 saturated carbocycles. The van der Waals surface area contributed by atoms with E-state index >= 15 is 0 Å². The SMILES string of the molecule is C=C(C)C(=O)N(C)c1ccc(Cl)cc1Cl. The molecule has 0 aliphatic rings. The Morgan fingerprint density at radius 2 is 2.00 bits per heavy atom. The monoisotopic (exact) mass is 243 g/mol. The van der Waals surface area contributed by atoms with E-state index in [4.69, 9.17) is 23.2 Å². The van der Waals surface area contributed by atoms with Crippen molar-refractivity contribution in [3.05, 3.63) is 40.4 Å². The molecule has 0 aliphatic heterocycles. The zero-order valence-electron chi connectivity index (χ0n) is 8.55. The second-order valence-corrected chi connectivity index (χ2v) is 4.08. The van der Waals surface area contributed by atoms with Gasteiger partial charge in [0.05, 0.1) is 10.7 Å². The van der Waals surface area contributed by atoms with Crippen LogP contribution in [-0.4, -0.2) is 13.0 Å². The summed E-state index contributed by atoms with van der Waals surface area (Å²) < 4.78 is 0. The van der Waals surface area contributed by atoms with Crippen LogP contribution < -0.4 is 4.90 Å². The molecule has 1 aromatic rings. The maximum atomic E-state index is 11.6. The van der Waals surface area contributed by atoms with Gasteiger partial charge in [0, 0.05) is 17.6 Å². The standard InChI is InChI=1S/C11H11Cl2NO/c1-7(2)11(15)14(3)10-5-4-8(12)6-9(10)13/h4-6H,1H2,2-3H3. The van der Waals surface area contributed by atoms with E-state index in [0.717, 1.165) is 0 Å². The van der Waals surface area contributed by atoms with Crippen LogP contribution in [0, 0.1) is 0 Å². The smallest absolute Gasteiger partial charge is 0.253 e. The minimum Gasteiger partial charge on any atom is -0.310 e. The maximum absolute atomic E-state index is 11.6. The van der Waals surface area contributed by atoms with Gasteiger partial charge in [0.2, 0.25) is 0 Å². The normalized spacial score (nSPS) is 9.87. The summed E-state index contributed by atoms with van der Waals surface area (Å²) in [5, 5.41) is 0.986. The van der Waals surface area contributed by atoms with Crippen LogP contribution in [0.5, 0.6) is 0 Å². The van der Waals surface area contributed by atoms with Gasteiger partial charge in [-0.3, -0.25) is 4.79 Å². The lowest BCUT2D eigenvalue weighted by atomic mass is 10.2. The number of carbonyl (C=O) groups excluding carboxylic acids is 1. The lowest BCUT2D eigenvalue weighted by molar-refractivity contribution is -0.114. The zero-order valence-corrected chi connectivity index (χ0v) is 10.1. The molecule has 0 unspecified atom stereocenters. The predicted molar refractivity (Wildman–Crippen MR) is 64.7 cm³/mol. The second kappa shape index (κ2) is 4.69. The van der Waals surface area contributed by atoms with Gasteiger partial charge in [0.1, 0.15) is 0 Å². The molecule has 0 radical (unpaired) electrons. The van der Waals surface area contributed by atoms with Crippen molar-refractivity contribution in [3.8, 4) is 0 Å². The summed E-state index contributed by atoms with van der Waals surface area (Å²) in [6, 6.07) is 4.98. The minimum absolute atomic E-state index is 0.167. The van der Waals surface area contributed by atoms with Crippen molar-refractivity contribution in [2.24, 2.45) is 0 Å². The number of rotatable bonds is 2. The number of anilines is 1. The number of nitrogens with zero attached hydrogens (tertiary/aromatic N) is 1. The van der Waals surface area contributed by atoms with Crippen LogP contribution in [0.3, 0.4) is 0 Å². The first-order valence-corrected chi connectivity index (χ1v) is 5.07. The van der Waals surface area contributed by atoms with Crippen LogP contribution in [0.25, 0.3) is 0 Å². The molecule has 0 spiro atoms. The largest absolute Gasteiger partial charge is 0.310 e. The van der Waals surface area contributed by atoms with Gasteiger partial charge in [-0.25, -0.2) is 0 Å². The second-order valence-electron chi connectivity index (χ2n) is 3.24. The van der Waals surface area contributed by atoms with Gasteiger partial charge in [-0.05, 0) is 25.1 Å². The molecule has 1 rings (SSSR count). The number of likely N-dealkylation sites (N-methyl/N-ethyl adjacent to an activating group) is 1. The number of halogens is 2. The summed E-state index contributed by atoms with van der Waals surface area (Å²) in [4.78, 5) is 13.1. The summed E-state index contributed by atoms with van der Waals surface area (Å²) >= 11 is 11.7. The van der Waals surface area contributed by atoms with E-state index < -0.39 is 0 Å². The molecular weight excluding hydrogens is 233 g/mol. The summed E-state index contributed by atoms with van der Waals surface area (Å²) in [5.41, 5.74) is 1.08. The Morgan fingerprint density at radius 1 is 1.40 bits per heavy atom. The van der Waals surface area contributed by atoms with Gasteiger partial charge in [-0.1, -0.05) is 29.8 Å². The molecule has 2 nitrogen and oxygen atoms in total. The van der Waals surface area contributed by atoms with E-state index in [0.29, 0.717) is 21.3 Å². The lowest BCUT2D eigenvalue weighted by Gasteiger charge is -2.18. The Labute approximate surface area is 99.1 Å². The van der Waals surface area contributed by atoms with Crippen molar-refractivity contribution >= 4 is 34.8 Å². The number of carbonyl (C=O) groups is 1. The van der Waals surface area contributed by atoms with E-state index in [1.165, 1.54) is 4.90 Å². The Kier molecular flexibility index (Phi) is 3.77. The Morgan fingerprint density at radius 3 is 2.47 bits per heavy atom. The predicted octanol–water partition coefficient (Wildman–Crippen LogP) is 3.53. The summed E-state index contributed by atoms with van der Waals surface area (Å²) in [6.07, 6.45) is 0. The van der Waals surface area contributed by atoms with E-state index in [-0.39, 0.29) is 5.91 Å². The van der Waals surface area contributed by atoms with Gasteiger partial charge in [0.25, 0.3) is 5.91 Å². The Balaban J connectivity index is 3.06. The molecule has 1 aromatic carbocycles.